The third-order valence-electron chi connectivity index (χ3n) is 4.28. The normalized spacial score (nSPS) is 14.0. The summed E-state index contributed by atoms with van der Waals surface area (Å²) < 4.78 is 1.55. The van der Waals surface area contributed by atoms with Gasteiger partial charge < -0.3 is 25.6 Å². The lowest BCUT2D eigenvalue weighted by atomic mass is 10.1. The van der Waals surface area contributed by atoms with Crippen molar-refractivity contribution in [2.45, 2.75) is 32.1 Å². The predicted molar refractivity (Wildman–Crippen MR) is 93.9 cm³/mol. The second kappa shape index (κ2) is 6.83. The molecule has 0 spiro atoms. The second-order valence-electron chi connectivity index (χ2n) is 6.11. The van der Waals surface area contributed by atoms with Crippen molar-refractivity contribution in [2.24, 2.45) is 0 Å². The van der Waals surface area contributed by atoms with E-state index in [9.17, 15) is 19.8 Å². The molecule has 10 nitrogen and oxygen atoms in total. The fourth-order valence-corrected chi connectivity index (χ4v) is 2.76. The zero-order valence-electron chi connectivity index (χ0n) is 14.0. The van der Waals surface area contributed by atoms with E-state index < -0.39 is 30.1 Å². The first kappa shape index (κ1) is 18.0. The molecule has 3 rings (SSSR count). The molecule has 10 heteroatoms. The number of aromatic nitrogens is 4. The number of nitrogens with zero attached hydrogens (tertiary/aromatic N) is 3. The van der Waals surface area contributed by atoms with Crippen LogP contribution in [0, 0.1) is 6.92 Å². The van der Waals surface area contributed by atoms with Gasteiger partial charge in [-0.2, -0.15) is 4.98 Å². The number of aryl methyl sites for hydroxylation is 2. The van der Waals surface area contributed by atoms with Crippen LogP contribution in [0.15, 0.2) is 21.7 Å². The molecule has 0 bridgehead atoms. The van der Waals surface area contributed by atoms with Gasteiger partial charge in [0.15, 0.2) is 11.5 Å². The predicted octanol–water partition coefficient (Wildman–Crippen LogP) is -1.42. The van der Waals surface area contributed by atoms with Gasteiger partial charge in [0, 0.05) is 12.2 Å². The molecule has 0 saturated heterocycles. The van der Waals surface area contributed by atoms with Gasteiger partial charge in [0.05, 0.1) is 23.7 Å². The Labute approximate surface area is 146 Å². The molecule has 1 aromatic rings. The van der Waals surface area contributed by atoms with Gasteiger partial charge in [0.25, 0.3) is 5.56 Å². The van der Waals surface area contributed by atoms with E-state index in [0.717, 1.165) is 5.56 Å². The molecule has 0 saturated carbocycles. The van der Waals surface area contributed by atoms with Crippen LogP contribution < -0.4 is 17.0 Å². The number of nitrogens with two attached hydrogens (primary N) is 1. The summed E-state index contributed by atoms with van der Waals surface area (Å²) in [5, 5.41) is 28.4. The average molecular weight is 361 g/mol. The molecule has 2 atom stereocenters. The quantitative estimate of drug-likeness (QED) is 0.272. The minimum Gasteiger partial charge on any atom is -0.398 e. The monoisotopic (exact) mass is 361 g/mol. The number of hydrogen-bond acceptors (Lipinski definition) is 8. The largest absolute Gasteiger partial charge is 0.398 e. The van der Waals surface area contributed by atoms with Crippen molar-refractivity contribution in [2.75, 3.05) is 12.3 Å². The van der Waals surface area contributed by atoms with E-state index in [1.165, 1.54) is 0 Å². The number of rotatable bonds is 5. The lowest BCUT2D eigenvalue weighted by Gasteiger charge is -2.20. The highest BCUT2D eigenvalue weighted by atomic mass is 16.4. The highest BCUT2D eigenvalue weighted by molar-refractivity contribution is 5.83. The third kappa shape index (κ3) is 3.17. The number of benzene rings is 1. The van der Waals surface area contributed by atoms with Crippen LogP contribution in [-0.2, 0) is 6.54 Å². The molecule has 2 aliphatic rings. The highest BCUT2D eigenvalue weighted by Crippen LogP contribution is 2.25. The molecule has 0 amide bonds. The Bertz CT molecular complexity index is 1040. The van der Waals surface area contributed by atoms with Crippen LogP contribution in [0.25, 0.3) is 22.6 Å². The van der Waals surface area contributed by atoms with Gasteiger partial charge in [-0.1, -0.05) is 0 Å². The van der Waals surface area contributed by atoms with Crippen LogP contribution in [0.5, 0.6) is 0 Å². The maximum atomic E-state index is 12.1. The van der Waals surface area contributed by atoms with Crippen LogP contribution in [-0.4, -0.2) is 53.7 Å². The summed E-state index contributed by atoms with van der Waals surface area (Å²) in [5.74, 6) is 0.0557. The SMILES string of the molecule is Cc1cc2nc3c(=O)[nH]c(=O)nc-3n(CCC(O)C(O)CO)c2cc1N. The topological polar surface area (TPSA) is 167 Å². The smallest absolute Gasteiger partial charge is 0.349 e. The van der Waals surface area contributed by atoms with E-state index in [4.69, 9.17) is 10.8 Å². The van der Waals surface area contributed by atoms with Crippen LogP contribution >= 0.6 is 0 Å². The molecule has 2 aliphatic heterocycles. The van der Waals surface area contributed by atoms with Crippen molar-refractivity contribution in [1.29, 1.82) is 0 Å². The standard InChI is InChI=1S/C16H19N5O5/c1-7-4-9-10(5-8(7)17)21(3-2-11(23)12(24)6-22)14-13(18-9)15(25)20-16(26)19-14/h4-5,11-12,22-24H,2-3,6,17H2,1H3,(H,20,25,26). The minimum absolute atomic E-state index is 0.0153. The number of fused-ring (bicyclic) bond motifs is 2. The Kier molecular flexibility index (Phi) is 4.72. The van der Waals surface area contributed by atoms with Crippen molar-refractivity contribution < 1.29 is 15.3 Å². The van der Waals surface area contributed by atoms with Crippen molar-refractivity contribution in [3.63, 3.8) is 0 Å². The molecular formula is C16H19N5O5. The number of aromatic amines is 1. The molecule has 0 radical (unpaired) electrons. The van der Waals surface area contributed by atoms with E-state index in [-0.39, 0.29) is 24.5 Å². The first-order chi connectivity index (χ1) is 12.3. The van der Waals surface area contributed by atoms with Crippen LogP contribution in [0.1, 0.15) is 12.0 Å². The summed E-state index contributed by atoms with van der Waals surface area (Å²) in [7, 11) is 0. The Balaban J connectivity index is 2.23. The Morgan fingerprint density at radius 3 is 2.65 bits per heavy atom. The summed E-state index contributed by atoms with van der Waals surface area (Å²) in [4.78, 5) is 34.0. The number of aliphatic hydroxyl groups is 3. The molecule has 0 aliphatic carbocycles. The fourth-order valence-electron chi connectivity index (χ4n) is 2.76. The first-order valence-electron chi connectivity index (χ1n) is 7.99. The van der Waals surface area contributed by atoms with E-state index in [2.05, 4.69) is 15.0 Å². The summed E-state index contributed by atoms with van der Waals surface area (Å²) in [6.45, 7) is 1.33. The van der Waals surface area contributed by atoms with E-state index in [0.29, 0.717) is 16.7 Å². The first-order valence-corrected chi connectivity index (χ1v) is 7.99. The van der Waals surface area contributed by atoms with Crippen molar-refractivity contribution in [3.8, 4) is 11.5 Å². The van der Waals surface area contributed by atoms with Gasteiger partial charge >= 0.3 is 5.69 Å². The third-order valence-corrected chi connectivity index (χ3v) is 4.28. The fraction of sp³-hybridized carbons (Fsp3) is 0.375. The van der Waals surface area contributed by atoms with E-state index in [1.807, 2.05) is 0 Å². The lowest BCUT2D eigenvalue weighted by Crippen LogP contribution is -2.32. The van der Waals surface area contributed by atoms with Crippen molar-refractivity contribution >= 4 is 16.7 Å². The number of hydrogen-bond donors (Lipinski definition) is 5. The molecule has 6 N–H and O–H groups in total. The minimum atomic E-state index is -1.30. The number of nitrogens with one attached hydrogen (secondary N) is 1. The van der Waals surface area contributed by atoms with Gasteiger partial charge in [0.2, 0.25) is 0 Å². The summed E-state index contributed by atoms with van der Waals surface area (Å²) in [6, 6.07) is 3.36. The maximum Gasteiger partial charge on any atom is 0.349 e. The Hall–Kier alpha value is -2.82. The van der Waals surface area contributed by atoms with Gasteiger partial charge in [-0.15, -0.1) is 0 Å². The molecule has 138 valence electrons. The molecule has 2 heterocycles. The second-order valence-corrected chi connectivity index (χ2v) is 6.11. The molecular weight excluding hydrogens is 342 g/mol. The van der Waals surface area contributed by atoms with E-state index in [1.54, 1.807) is 23.6 Å². The van der Waals surface area contributed by atoms with Crippen LogP contribution in [0.3, 0.4) is 0 Å². The van der Waals surface area contributed by atoms with Gasteiger partial charge in [-0.3, -0.25) is 9.78 Å². The number of H-pyrrole nitrogens is 1. The molecule has 26 heavy (non-hydrogen) atoms. The van der Waals surface area contributed by atoms with Gasteiger partial charge in [-0.05, 0) is 31.0 Å². The molecule has 2 unspecified atom stereocenters. The molecule has 0 fully saturated rings. The Morgan fingerprint density at radius 2 is 1.96 bits per heavy atom. The average Bonchev–Trinajstić information content (AvgIpc) is 2.59. The van der Waals surface area contributed by atoms with Crippen LogP contribution in [0.2, 0.25) is 0 Å². The zero-order valence-corrected chi connectivity index (χ0v) is 14.0. The lowest BCUT2D eigenvalue weighted by molar-refractivity contribution is -0.0191. The Morgan fingerprint density at radius 1 is 1.23 bits per heavy atom. The number of nitrogen functional groups attached to an aromatic ring is 1. The summed E-state index contributed by atoms with van der Waals surface area (Å²) >= 11 is 0. The number of aliphatic hydroxyl groups excluding tert-OH is 3. The highest BCUT2D eigenvalue weighted by Gasteiger charge is 2.21. The van der Waals surface area contributed by atoms with Gasteiger partial charge in [-0.25, -0.2) is 9.78 Å². The number of anilines is 1. The maximum absolute atomic E-state index is 12.1. The molecule has 1 aromatic carbocycles. The van der Waals surface area contributed by atoms with Crippen molar-refractivity contribution in [3.05, 3.63) is 38.5 Å². The summed E-state index contributed by atoms with van der Waals surface area (Å²) in [6.07, 6.45) is -2.44. The summed E-state index contributed by atoms with van der Waals surface area (Å²) in [5.41, 5.74) is 6.76. The van der Waals surface area contributed by atoms with Gasteiger partial charge in [0.1, 0.15) is 6.10 Å². The van der Waals surface area contributed by atoms with Crippen molar-refractivity contribution in [1.82, 2.24) is 19.5 Å². The molecule has 0 aromatic heterocycles. The van der Waals surface area contributed by atoms with Crippen LogP contribution in [0.4, 0.5) is 5.69 Å². The van der Waals surface area contributed by atoms with E-state index >= 15 is 0 Å². The zero-order chi connectivity index (χ0) is 19.0.